The first-order valence-corrected chi connectivity index (χ1v) is 4.37. The molecule has 0 saturated heterocycles. The van der Waals surface area contributed by atoms with Crippen LogP contribution in [-0.2, 0) is 13.0 Å². The number of halogens is 3. The monoisotopic (exact) mass is 238 g/mol. The van der Waals surface area contributed by atoms with Crippen LogP contribution in [-0.4, -0.2) is 14.6 Å². The van der Waals surface area contributed by atoms with E-state index in [9.17, 15) is 8.78 Å². The molecule has 2 nitrogen and oxygen atoms in total. The summed E-state index contributed by atoms with van der Waals surface area (Å²) in [6.45, 7) is 1.41. The Morgan fingerprint density at radius 3 is 2.58 bits per heavy atom. The summed E-state index contributed by atoms with van der Waals surface area (Å²) >= 11 is 2.85. The number of nitrogens with zero attached hydrogens (tertiary/aromatic N) is 2. The number of aromatic nitrogens is 2. The highest BCUT2D eigenvalue weighted by atomic mass is 79.9. The van der Waals surface area contributed by atoms with Crippen LogP contribution in [0.5, 0.6) is 0 Å². The van der Waals surface area contributed by atoms with E-state index in [4.69, 9.17) is 0 Å². The minimum Gasteiger partial charge on any atom is -0.275 e. The van der Waals surface area contributed by atoms with E-state index in [1.165, 1.54) is 24.0 Å². The van der Waals surface area contributed by atoms with Gasteiger partial charge in [-0.15, -0.1) is 0 Å². The van der Waals surface area contributed by atoms with Crippen LogP contribution in [0.2, 0.25) is 0 Å². The van der Waals surface area contributed by atoms with E-state index in [-0.39, 0.29) is 5.56 Å². The molecule has 0 radical (unpaired) electrons. The summed E-state index contributed by atoms with van der Waals surface area (Å²) in [6, 6.07) is 0. The van der Waals surface area contributed by atoms with Crippen LogP contribution in [0.1, 0.15) is 12.5 Å². The summed E-state index contributed by atoms with van der Waals surface area (Å²) in [5.41, 5.74) is -0.0608. The number of hydrogen-bond acceptors (Lipinski definition) is 1. The van der Waals surface area contributed by atoms with Crippen LogP contribution in [0.4, 0.5) is 8.78 Å². The fourth-order valence-corrected chi connectivity index (χ4v) is 1.09. The van der Waals surface area contributed by atoms with Crippen molar-refractivity contribution in [3.8, 4) is 0 Å². The van der Waals surface area contributed by atoms with Gasteiger partial charge in [0.15, 0.2) is 0 Å². The van der Waals surface area contributed by atoms with Gasteiger partial charge in [-0.25, -0.2) is 0 Å². The average Bonchev–Trinajstić information content (AvgIpc) is 2.35. The van der Waals surface area contributed by atoms with Gasteiger partial charge in [-0.1, -0.05) is 15.9 Å². The van der Waals surface area contributed by atoms with Crippen molar-refractivity contribution in [1.82, 2.24) is 9.78 Å². The predicted molar refractivity (Wildman–Crippen MR) is 45.5 cm³/mol. The first kappa shape index (κ1) is 9.64. The lowest BCUT2D eigenvalue weighted by molar-refractivity contribution is -0.000101. The third kappa shape index (κ3) is 1.65. The van der Waals surface area contributed by atoms with E-state index in [1.807, 2.05) is 0 Å². The molecule has 0 aliphatic rings. The van der Waals surface area contributed by atoms with Crippen LogP contribution >= 0.6 is 15.9 Å². The van der Waals surface area contributed by atoms with Gasteiger partial charge in [-0.05, 0) is 6.92 Å². The Morgan fingerprint density at radius 1 is 1.67 bits per heavy atom. The highest BCUT2D eigenvalue weighted by Gasteiger charge is 2.37. The maximum absolute atomic E-state index is 13.2. The molecule has 12 heavy (non-hydrogen) atoms. The minimum atomic E-state index is -2.85. The molecule has 1 atom stereocenters. The molecule has 68 valence electrons. The van der Waals surface area contributed by atoms with Crippen molar-refractivity contribution in [2.24, 2.45) is 7.05 Å². The molecular weight excluding hydrogens is 230 g/mol. The lowest BCUT2D eigenvalue weighted by Gasteiger charge is -2.16. The molecule has 0 aromatic carbocycles. The Labute approximate surface area is 77.7 Å². The fourth-order valence-electron chi connectivity index (χ4n) is 0.823. The number of rotatable bonds is 2. The molecule has 1 heterocycles. The fraction of sp³-hybridized carbons (Fsp3) is 0.571. The molecule has 0 unspecified atom stereocenters. The van der Waals surface area contributed by atoms with Crippen molar-refractivity contribution in [3.05, 3.63) is 18.0 Å². The van der Waals surface area contributed by atoms with E-state index in [2.05, 4.69) is 21.0 Å². The van der Waals surface area contributed by atoms with E-state index in [0.717, 1.165) is 0 Å². The van der Waals surface area contributed by atoms with Crippen molar-refractivity contribution in [2.45, 2.75) is 17.7 Å². The van der Waals surface area contributed by atoms with Crippen molar-refractivity contribution >= 4 is 15.9 Å². The zero-order chi connectivity index (χ0) is 9.35. The molecule has 0 bridgehead atoms. The summed E-state index contributed by atoms with van der Waals surface area (Å²) in [4.78, 5) is -0.880. The third-order valence-electron chi connectivity index (χ3n) is 1.59. The lowest BCUT2D eigenvalue weighted by Crippen LogP contribution is -2.22. The molecule has 0 spiro atoms. The Morgan fingerprint density at radius 2 is 2.25 bits per heavy atom. The van der Waals surface area contributed by atoms with Gasteiger partial charge >= 0.3 is 0 Å². The minimum absolute atomic E-state index is 0.0608. The van der Waals surface area contributed by atoms with Crippen LogP contribution in [0.25, 0.3) is 0 Å². The summed E-state index contributed by atoms with van der Waals surface area (Å²) < 4.78 is 27.7. The van der Waals surface area contributed by atoms with Crippen molar-refractivity contribution in [3.63, 3.8) is 0 Å². The normalized spacial score (nSPS) is 14.8. The summed E-state index contributed by atoms with van der Waals surface area (Å²) in [5.74, 6) is -2.85. The van der Waals surface area contributed by atoms with Crippen LogP contribution in [0, 0.1) is 0 Å². The van der Waals surface area contributed by atoms with Gasteiger partial charge in [-0.2, -0.15) is 13.9 Å². The Hall–Kier alpha value is -0.450. The molecule has 0 amide bonds. The van der Waals surface area contributed by atoms with Crippen LogP contribution in [0.15, 0.2) is 12.4 Å². The largest absolute Gasteiger partial charge is 0.288 e. The molecule has 1 rings (SSSR count). The van der Waals surface area contributed by atoms with Gasteiger partial charge in [0.05, 0.1) is 16.6 Å². The molecule has 0 saturated carbocycles. The third-order valence-corrected chi connectivity index (χ3v) is 2.16. The highest BCUT2D eigenvalue weighted by Crippen LogP contribution is 2.34. The zero-order valence-corrected chi connectivity index (χ0v) is 8.35. The van der Waals surface area contributed by atoms with E-state index < -0.39 is 10.7 Å². The first-order chi connectivity index (χ1) is 5.44. The molecule has 1 aromatic rings. The summed E-state index contributed by atoms with van der Waals surface area (Å²) in [7, 11) is 1.61. The topological polar surface area (TPSA) is 17.8 Å². The molecular formula is C7H9BrF2N2. The van der Waals surface area contributed by atoms with E-state index >= 15 is 0 Å². The maximum atomic E-state index is 13.2. The Bertz CT molecular complexity index is 270. The van der Waals surface area contributed by atoms with E-state index in [1.54, 1.807) is 7.05 Å². The Balaban J connectivity index is 2.97. The maximum Gasteiger partial charge on any atom is 0.288 e. The second-order valence-electron chi connectivity index (χ2n) is 2.64. The van der Waals surface area contributed by atoms with Crippen LogP contribution < -0.4 is 0 Å². The van der Waals surface area contributed by atoms with Crippen LogP contribution in [0.3, 0.4) is 0 Å². The van der Waals surface area contributed by atoms with Crippen molar-refractivity contribution in [1.29, 1.82) is 0 Å². The lowest BCUT2D eigenvalue weighted by atomic mass is 10.1. The van der Waals surface area contributed by atoms with E-state index in [0.29, 0.717) is 0 Å². The summed E-state index contributed by atoms with van der Waals surface area (Å²) in [6.07, 6.45) is 2.50. The van der Waals surface area contributed by atoms with Gasteiger partial charge in [0, 0.05) is 13.2 Å². The van der Waals surface area contributed by atoms with Gasteiger partial charge in [0.1, 0.15) is 0 Å². The molecule has 0 aliphatic heterocycles. The van der Waals surface area contributed by atoms with Gasteiger partial charge in [0.25, 0.3) is 5.92 Å². The number of alkyl halides is 3. The standard InChI is InChI=1S/C7H9BrF2N2/c1-5(8)7(9,10)6-3-11-12(2)4-6/h3-5H,1-2H3/t5-/m1/s1. The number of hydrogen-bond donors (Lipinski definition) is 0. The van der Waals surface area contributed by atoms with Crippen molar-refractivity contribution < 1.29 is 8.78 Å². The second kappa shape index (κ2) is 3.12. The first-order valence-electron chi connectivity index (χ1n) is 3.45. The van der Waals surface area contributed by atoms with Gasteiger partial charge in [0.2, 0.25) is 0 Å². The van der Waals surface area contributed by atoms with Crippen molar-refractivity contribution in [2.75, 3.05) is 0 Å². The van der Waals surface area contributed by atoms with Gasteiger partial charge in [-0.3, -0.25) is 4.68 Å². The molecule has 0 N–H and O–H groups in total. The predicted octanol–water partition coefficient (Wildman–Crippen LogP) is 2.30. The number of aryl methyl sites for hydroxylation is 1. The second-order valence-corrected chi connectivity index (χ2v) is 4.02. The Kier molecular flexibility index (Phi) is 2.51. The average molecular weight is 239 g/mol. The highest BCUT2D eigenvalue weighted by molar-refractivity contribution is 9.09. The summed E-state index contributed by atoms with van der Waals surface area (Å²) in [5, 5.41) is 3.68. The molecule has 0 fully saturated rings. The molecule has 1 aromatic heterocycles. The van der Waals surface area contributed by atoms with Gasteiger partial charge < -0.3 is 0 Å². The molecule has 0 aliphatic carbocycles. The quantitative estimate of drug-likeness (QED) is 0.724. The smallest absolute Gasteiger partial charge is 0.275 e. The zero-order valence-electron chi connectivity index (χ0n) is 6.76. The SMILES string of the molecule is C[C@@H](Br)C(F)(F)c1cnn(C)c1. The molecule has 5 heteroatoms.